The third kappa shape index (κ3) is 3.52. The van der Waals surface area contributed by atoms with E-state index >= 15 is 0 Å². The number of benzene rings is 1. The second-order valence-electron chi connectivity index (χ2n) is 2.93. The van der Waals surface area contributed by atoms with E-state index < -0.39 is 19.0 Å². The Morgan fingerprint density at radius 1 is 1.38 bits per heavy atom. The highest BCUT2D eigenvalue weighted by atomic mass is 79.9. The average Bonchev–Trinajstić information content (AvgIpc) is 2.16. The van der Waals surface area contributed by atoms with Gasteiger partial charge in [-0.1, -0.05) is 11.6 Å². The highest BCUT2D eigenvalue weighted by Gasteiger charge is 2.41. The molecule has 0 N–H and O–H groups in total. The number of hydrogen-bond acceptors (Lipinski definition) is 1. The summed E-state index contributed by atoms with van der Waals surface area (Å²) in [5.41, 5.74) is 0. The molecule has 1 aromatic carbocycles. The molecule has 16 heavy (non-hydrogen) atoms. The van der Waals surface area contributed by atoms with Gasteiger partial charge in [-0.15, -0.1) is 0 Å². The van der Waals surface area contributed by atoms with Crippen LogP contribution in [0.25, 0.3) is 0 Å². The fourth-order valence-corrected chi connectivity index (χ4v) is 1.63. The van der Waals surface area contributed by atoms with Crippen molar-refractivity contribution in [2.75, 3.05) is 6.61 Å². The molecule has 1 nitrogen and oxygen atoms in total. The van der Waals surface area contributed by atoms with Crippen molar-refractivity contribution >= 4 is 27.5 Å². The van der Waals surface area contributed by atoms with Gasteiger partial charge in [0.1, 0.15) is 5.75 Å². The first-order chi connectivity index (χ1) is 7.33. The highest BCUT2D eigenvalue weighted by molar-refractivity contribution is 9.10. The number of alkyl halides is 4. The van der Waals surface area contributed by atoms with Crippen LogP contribution in [0.3, 0.4) is 0 Å². The summed E-state index contributed by atoms with van der Waals surface area (Å²) < 4.78 is 53.6. The molecule has 0 spiro atoms. The van der Waals surface area contributed by atoms with Crippen LogP contribution in [0.1, 0.15) is 0 Å². The van der Waals surface area contributed by atoms with E-state index in [0.717, 1.165) is 0 Å². The first-order valence-corrected chi connectivity index (χ1v) is 5.24. The van der Waals surface area contributed by atoms with Crippen molar-refractivity contribution in [2.24, 2.45) is 0 Å². The molecule has 0 aliphatic carbocycles. The Hall–Kier alpha value is -0.490. The molecule has 0 amide bonds. The Balaban J connectivity index is 2.68. The van der Waals surface area contributed by atoms with Crippen LogP contribution in [0.2, 0.25) is 5.02 Å². The lowest BCUT2D eigenvalue weighted by atomic mass is 10.3. The van der Waals surface area contributed by atoms with E-state index in [0.29, 0.717) is 9.50 Å². The maximum absolute atomic E-state index is 12.5. The van der Waals surface area contributed by atoms with Crippen molar-refractivity contribution in [1.82, 2.24) is 0 Å². The predicted molar refractivity (Wildman–Crippen MR) is 55.6 cm³/mol. The van der Waals surface area contributed by atoms with Crippen LogP contribution >= 0.6 is 27.5 Å². The predicted octanol–water partition coefficient (Wildman–Crippen LogP) is 4.38. The monoisotopic (exact) mass is 320 g/mol. The van der Waals surface area contributed by atoms with E-state index in [-0.39, 0.29) is 5.75 Å². The minimum atomic E-state index is -4.17. The maximum atomic E-state index is 12.5. The first kappa shape index (κ1) is 13.6. The Labute approximate surface area is 102 Å². The van der Waals surface area contributed by atoms with Crippen LogP contribution in [0.15, 0.2) is 22.7 Å². The number of rotatable bonds is 4. The van der Waals surface area contributed by atoms with E-state index in [1.54, 1.807) is 0 Å². The zero-order chi connectivity index (χ0) is 12.3. The Bertz CT molecular complexity index is 373. The van der Waals surface area contributed by atoms with Gasteiger partial charge >= 0.3 is 12.3 Å². The van der Waals surface area contributed by atoms with Crippen LogP contribution in [0, 0.1) is 0 Å². The molecular weight excluding hydrogens is 315 g/mol. The van der Waals surface area contributed by atoms with Crippen LogP contribution in [-0.2, 0) is 0 Å². The van der Waals surface area contributed by atoms with Gasteiger partial charge in [-0.2, -0.15) is 8.78 Å². The van der Waals surface area contributed by atoms with Gasteiger partial charge < -0.3 is 4.74 Å². The number of halogens is 6. The summed E-state index contributed by atoms with van der Waals surface area (Å²) in [6.07, 6.45) is -3.75. The SMILES string of the molecule is FC(F)C(F)(F)COc1ccc(Cl)cc1Br. The highest BCUT2D eigenvalue weighted by Crippen LogP contribution is 2.30. The number of ether oxygens (including phenoxy) is 1. The van der Waals surface area contributed by atoms with Crippen molar-refractivity contribution < 1.29 is 22.3 Å². The van der Waals surface area contributed by atoms with Gasteiger partial charge in [0.25, 0.3) is 0 Å². The molecule has 0 saturated carbocycles. The average molecular weight is 321 g/mol. The normalized spacial score (nSPS) is 11.9. The summed E-state index contributed by atoms with van der Waals surface area (Å²) in [5, 5.41) is 0.375. The second kappa shape index (κ2) is 5.23. The van der Waals surface area contributed by atoms with Gasteiger partial charge in [0.15, 0.2) is 6.61 Å². The molecule has 1 rings (SSSR count). The molecule has 0 unspecified atom stereocenters. The van der Waals surface area contributed by atoms with Crippen LogP contribution in [-0.4, -0.2) is 19.0 Å². The summed E-state index contributed by atoms with van der Waals surface area (Å²) in [5.74, 6) is -4.14. The molecule has 0 heterocycles. The summed E-state index contributed by atoms with van der Waals surface area (Å²) in [6.45, 7) is -1.38. The molecule has 0 atom stereocenters. The third-order valence-electron chi connectivity index (χ3n) is 1.63. The minimum absolute atomic E-state index is 0.0322. The molecular formula is C9H6BrClF4O. The van der Waals surface area contributed by atoms with Crippen LogP contribution in [0.5, 0.6) is 5.75 Å². The second-order valence-corrected chi connectivity index (χ2v) is 4.22. The van der Waals surface area contributed by atoms with E-state index in [1.807, 2.05) is 0 Å². The topological polar surface area (TPSA) is 9.23 Å². The van der Waals surface area contributed by atoms with Gasteiger partial charge in [0.05, 0.1) is 4.47 Å². The molecule has 7 heteroatoms. The van der Waals surface area contributed by atoms with Crippen LogP contribution < -0.4 is 4.74 Å². The molecule has 0 bridgehead atoms. The van der Waals surface area contributed by atoms with Gasteiger partial charge in [0.2, 0.25) is 0 Å². The molecule has 0 aliphatic rings. The van der Waals surface area contributed by atoms with Crippen LogP contribution in [0.4, 0.5) is 17.6 Å². The van der Waals surface area contributed by atoms with E-state index in [9.17, 15) is 17.6 Å². The molecule has 0 aromatic heterocycles. The zero-order valence-corrected chi connectivity index (χ0v) is 10.0. The van der Waals surface area contributed by atoms with Crippen molar-refractivity contribution in [1.29, 1.82) is 0 Å². The summed E-state index contributed by atoms with van der Waals surface area (Å²) >= 11 is 8.61. The van der Waals surface area contributed by atoms with Crippen molar-refractivity contribution in [3.63, 3.8) is 0 Å². The lowest BCUT2D eigenvalue weighted by Gasteiger charge is -2.16. The van der Waals surface area contributed by atoms with Gasteiger partial charge in [-0.25, -0.2) is 8.78 Å². The molecule has 0 fully saturated rings. The molecule has 0 saturated heterocycles. The van der Waals surface area contributed by atoms with Crippen molar-refractivity contribution in [3.8, 4) is 5.75 Å². The van der Waals surface area contributed by atoms with E-state index in [1.165, 1.54) is 18.2 Å². The molecule has 0 radical (unpaired) electrons. The largest absolute Gasteiger partial charge is 0.486 e. The summed E-state index contributed by atoms with van der Waals surface area (Å²) in [7, 11) is 0. The lowest BCUT2D eigenvalue weighted by molar-refractivity contribution is -0.148. The third-order valence-corrected chi connectivity index (χ3v) is 2.49. The first-order valence-electron chi connectivity index (χ1n) is 4.07. The van der Waals surface area contributed by atoms with E-state index in [2.05, 4.69) is 20.7 Å². The summed E-state index contributed by atoms with van der Waals surface area (Å²) in [6, 6.07) is 4.13. The zero-order valence-electron chi connectivity index (χ0n) is 7.69. The van der Waals surface area contributed by atoms with Crippen molar-refractivity contribution in [2.45, 2.75) is 12.3 Å². The quantitative estimate of drug-likeness (QED) is 0.748. The number of hydrogen-bond donors (Lipinski definition) is 0. The van der Waals surface area contributed by atoms with Gasteiger partial charge in [-0.3, -0.25) is 0 Å². The fraction of sp³-hybridized carbons (Fsp3) is 0.333. The Kier molecular flexibility index (Phi) is 4.43. The maximum Gasteiger partial charge on any atom is 0.340 e. The van der Waals surface area contributed by atoms with Gasteiger partial charge in [0, 0.05) is 5.02 Å². The lowest BCUT2D eigenvalue weighted by Crippen LogP contribution is -2.33. The Morgan fingerprint density at radius 2 is 2.00 bits per heavy atom. The molecule has 0 aliphatic heterocycles. The minimum Gasteiger partial charge on any atom is -0.486 e. The summed E-state index contributed by atoms with van der Waals surface area (Å²) in [4.78, 5) is 0. The smallest absolute Gasteiger partial charge is 0.340 e. The molecule has 90 valence electrons. The van der Waals surface area contributed by atoms with Crippen molar-refractivity contribution in [3.05, 3.63) is 27.7 Å². The Morgan fingerprint density at radius 3 is 2.50 bits per heavy atom. The van der Waals surface area contributed by atoms with Gasteiger partial charge in [-0.05, 0) is 34.1 Å². The standard InChI is InChI=1S/C9H6BrClF4O/c10-6-3-5(11)1-2-7(6)16-4-9(14,15)8(12)13/h1-3,8H,4H2. The molecule has 1 aromatic rings. The fourth-order valence-electron chi connectivity index (χ4n) is 0.829. The van der Waals surface area contributed by atoms with E-state index in [4.69, 9.17) is 11.6 Å².